The van der Waals surface area contributed by atoms with Gasteiger partial charge in [-0.3, -0.25) is 0 Å². The average Bonchev–Trinajstić information content (AvgIpc) is 2.64. The quantitative estimate of drug-likeness (QED) is 0.903. The summed E-state index contributed by atoms with van der Waals surface area (Å²) in [7, 11) is 1.58. The van der Waals surface area contributed by atoms with E-state index in [0.717, 1.165) is 0 Å². The Morgan fingerprint density at radius 1 is 1.41 bits per heavy atom. The molecule has 6 nitrogen and oxygen atoms in total. The summed E-state index contributed by atoms with van der Waals surface area (Å²) in [6.07, 6.45) is 0. The maximum atomic E-state index is 10.9. The van der Waals surface area contributed by atoms with Crippen molar-refractivity contribution in [2.75, 3.05) is 0 Å². The normalized spacial score (nSPS) is 10.5. The molecule has 2 rings (SSSR count). The lowest BCUT2D eigenvalue weighted by molar-refractivity contribution is 0.0697. The minimum absolute atomic E-state index is 0.00185. The molecule has 0 unspecified atom stereocenters. The Bertz CT molecular complexity index is 597. The topological polar surface area (TPSA) is 80.9 Å². The van der Waals surface area contributed by atoms with Crippen LogP contribution in [0, 0.1) is 0 Å². The Kier molecular flexibility index (Phi) is 2.99. The second-order valence-corrected chi connectivity index (χ2v) is 3.98. The number of aromatic carboxylic acids is 1. The van der Waals surface area contributed by atoms with Crippen LogP contribution >= 0.6 is 23.2 Å². The van der Waals surface area contributed by atoms with E-state index in [9.17, 15) is 4.79 Å². The van der Waals surface area contributed by atoms with Crippen molar-refractivity contribution in [3.8, 4) is 11.4 Å². The van der Waals surface area contributed by atoms with Crippen LogP contribution in [0.4, 0.5) is 0 Å². The Morgan fingerprint density at radius 2 is 2.12 bits per heavy atom. The van der Waals surface area contributed by atoms with Gasteiger partial charge in [0.2, 0.25) is 5.82 Å². The van der Waals surface area contributed by atoms with Gasteiger partial charge in [-0.2, -0.15) is 4.80 Å². The maximum absolute atomic E-state index is 10.9. The van der Waals surface area contributed by atoms with Gasteiger partial charge in [0.1, 0.15) is 0 Å². The monoisotopic (exact) mass is 272 g/mol. The highest BCUT2D eigenvalue weighted by molar-refractivity contribution is 6.40. The predicted molar refractivity (Wildman–Crippen MR) is 61.2 cm³/mol. The van der Waals surface area contributed by atoms with Crippen LogP contribution < -0.4 is 0 Å². The van der Waals surface area contributed by atoms with Crippen molar-refractivity contribution in [3.63, 3.8) is 0 Å². The van der Waals surface area contributed by atoms with Crippen LogP contribution in [0.2, 0.25) is 10.0 Å². The number of carboxylic acids is 1. The van der Waals surface area contributed by atoms with Crippen LogP contribution in [-0.2, 0) is 7.05 Å². The number of carboxylic acid groups (broad SMARTS) is 1. The Balaban J connectivity index is 2.68. The van der Waals surface area contributed by atoms with E-state index < -0.39 is 5.97 Å². The molecule has 0 fully saturated rings. The first kappa shape index (κ1) is 11.8. The summed E-state index contributed by atoms with van der Waals surface area (Å²) in [4.78, 5) is 12.2. The molecule has 1 N–H and O–H groups in total. The third kappa shape index (κ3) is 2.09. The number of hydrogen-bond donors (Lipinski definition) is 1. The molecular weight excluding hydrogens is 267 g/mol. The van der Waals surface area contributed by atoms with E-state index in [1.165, 1.54) is 16.9 Å². The van der Waals surface area contributed by atoms with Crippen LogP contribution in [0.15, 0.2) is 12.1 Å². The first-order valence-electron chi connectivity index (χ1n) is 4.46. The maximum Gasteiger partial charge on any atom is 0.337 e. The fraction of sp³-hybridized carbons (Fsp3) is 0.111. The molecule has 88 valence electrons. The fourth-order valence-electron chi connectivity index (χ4n) is 1.31. The molecule has 1 aromatic heterocycles. The molecule has 0 amide bonds. The fourth-order valence-corrected chi connectivity index (χ4v) is 1.93. The number of carbonyl (C=O) groups is 1. The largest absolute Gasteiger partial charge is 0.478 e. The SMILES string of the molecule is Cn1nnc(-c2c(Cl)ccc(C(=O)O)c2Cl)n1. The smallest absolute Gasteiger partial charge is 0.337 e. The van der Waals surface area contributed by atoms with Gasteiger partial charge in [-0.05, 0) is 17.3 Å². The van der Waals surface area contributed by atoms with Crippen molar-refractivity contribution in [2.45, 2.75) is 0 Å². The van der Waals surface area contributed by atoms with Gasteiger partial charge in [0.15, 0.2) is 0 Å². The van der Waals surface area contributed by atoms with Gasteiger partial charge in [-0.15, -0.1) is 10.2 Å². The van der Waals surface area contributed by atoms with Gasteiger partial charge in [0.25, 0.3) is 0 Å². The van der Waals surface area contributed by atoms with Crippen molar-refractivity contribution in [3.05, 3.63) is 27.7 Å². The number of nitrogens with zero attached hydrogens (tertiary/aromatic N) is 4. The van der Waals surface area contributed by atoms with Gasteiger partial charge in [0, 0.05) is 0 Å². The molecule has 0 aliphatic carbocycles. The summed E-state index contributed by atoms with van der Waals surface area (Å²) < 4.78 is 0. The zero-order chi connectivity index (χ0) is 12.6. The minimum Gasteiger partial charge on any atom is -0.478 e. The molecule has 0 saturated heterocycles. The lowest BCUT2D eigenvalue weighted by Crippen LogP contribution is -1.99. The van der Waals surface area contributed by atoms with E-state index >= 15 is 0 Å². The van der Waals surface area contributed by atoms with Crippen molar-refractivity contribution in [2.24, 2.45) is 7.05 Å². The summed E-state index contributed by atoms with van der Waals surface area (Å²) in [5, 5.41) is 20.5. The minimum atomic E-state index is -1.14. The molecule has 1 heterocycles. The zero-order valence-corrected chi connectivity index (χ0v) is 10.1. The zero-order valence-electron chi connectivity index (χ0n) is 8.55. The molecule has 8 heteroatoms. The van der Waals surface area contributed by atoms with Crippen LogP contribution in [0.5, 0.6) is 0 Å². The van der Waals surface area contributed by atoms with Crippen LogP contribution in [0.25, 0.3) is 11.4 Å². The second-order valence-electron chi connectivity index (χ2n) is 3.19. The number of aryl methyl sites for hydroxylation is 1. The van der Waals surface area contributed by atoms with Gasteiger partial charge in [-0.1, -0.05) is 23.2 Å². The summed E-state index contributed by atoms with van der Waals surface area (Å²) in [6, 6.07) is 2.76. The van der Waals surface area contributed by atoms with Gasteiger partial charge in [0.05, 0.1) is 28.2 Å². The molecule has 2 aromatic rings. The van der Waals surface area contributed by atoms with E-state index in [1.807, 2.05) is 0 Å². The summed E-state index contributed by atoms with van der Waals surface area (Å²) in [5.41, 5.74) is 0.208. The first-order valence-corrected chi connectivity index (χ1v) is 5.22. The van der Waals surface area contributed by atoms with Crippen LogP contribution in [0.3, 0.4) is 0 Å². The summed E-state index contributed by atoms with van der Waals surface area (Å²) in [6.45, 7) is 0. The number of benzene rings is 1. The molecule has 0 spiro atoms. The van der Waals surface area contributed by atoms with Crippen LogP contribution in [0.1, 0.15) is 10.4 Å². The average molecular weight is 273 g/mol. The molecule has 1 aromatic carbocycles. The Morgan fingerprint density at radius 3 is 2.65 bits per heavy atom. The molecule has 0 radical (unpaired) electrons. The third-order valence-electron chi connectivity index (χ3n) is 2.05. The lowest BCUT2D eigenvalue weighted by atomic mass is 10.1. The highest BCUT2D eigenvalue weighted by Gasteiger charge is 2.19. The molecule has 17 heavy (non-hydrogen) atoms. The highest BCUT2D eigenvalue weighted by Crippen LogP contribution is 2.34. The second kappa shape index (κ2) is 4.31. The summed E-state index contributed by atoms with van der Waals surface area (Å²) in [5.74, 6) is -0.956. The highest BCUT2D eigenvalue weighted by atomic mass is 35.5. The van der Waals surface area contributed by atoms with Crippen molar-refractivity contribution >= 4 is 29.2 Å². The lowest BCUT2D eigenvalue weighted by Gasteiger charge is -2.05. The standard InChI is InChI=1S/C9H6Cl2N4O2/c1-15-13-8(12-14-15)6-5(10)3-2-4(7(6)11)9(16)17/h2-3H,1H3,(H,16,17). The number of tetrazole rings is 1. The first-order chi connectivity index (χ1) is 8.00. The molecular formula is C9H6Cl2N4O2. The summed E-state index contributed by atoms with van der Waals surface area (Å²) >= 11 is 11.9. The van der Waals surface area contributed by atoms with E-state index in [4.69, 9.17) is 28.3 Å². The number of aromatic nitrogens is 4. The number of halogens is 2. The van der Waals surface area contributed by atoms with E-state index in [1.54, 1.807) is 7.05 Å². The molecule has 0 aliphatic heterocycles. The van der Waals surface area contributed by atoms with Gasteiger partial charge in [-0.25, -0.2) is 4.79 Å². The third-order valence-corrected chi connectivity index (χ3v) is 2.76. The predicted octanol–water partition coefficient (Wildman–Crippen LogP) is 1.88. The van der Waals surface area contributed by atoms with Gasteiger partial charge >= 0.3 is 5.97 Å². The van der Waals surface area contributed by atoms with Crippen molar-refractivity contribution in [1.29, 1.82) is 0 Å². The van der Waals surface area contributed by atoms with E-state index in [0.29, 0.717) is 0 Å². The molecule has 0 atom stereocenters. The van der Waals surface area contributed by atoms with Gasteiger partial charge < -0.3 is 5.11 Å². The Labute approximate surface area is 106 Å². The number of rotatable bonds is 2. The molecule has 0 bridgehead atoms. The van der Waals surface area contributed by atoms with E-state index in [2.05, 4.69) is 15.4 Å². The van der Waals surface area contributed by atoms with E-state index in [-0.39, 0.29) is 27.0 Å². The van der Waals surface area contributed by atoms with Crippen molar-refractivity contribution in [1.82, 2.24) is 20.2 Å². The van der Waals surface area contributed by atoms with Crippen molar-refractivity contribution < 1.29 is 9.90 Å². The molecule has 0 saturated carbocycles. The number of hydrogen-bond acceptors (Lipinski definition) is 4. The Hall–Kier alpha value is -1.66. The van der Waals surface area contributed by atoms with Crippen LogP contribution in [-0.4, -0.2) is 31.3 Å². The molecule has 0 aliphatic rings.